The van der Waals surface area contributed by atoms with Crippen molar-refractivity contribution in [2.45, 2.75) is 24.9 Å². The fourth-order valence-electron chi connectivity index (χ4n) is 2.88. The minimum atomic E-state index is -0.629. The molecule has 1 aromatic carbocycles. The maximum absolute atomic E-state index is 12.7. The molecule has 0 saturated carbocycles. The molecular formula is C19H22N4O2. The molecule has 1 saturated heterocycles. The molecule has 0 radical (unpaired) electrons. The highest BCUT2D eigenvalue weighted by Crippen LogP contribution is 2.07. The van der Waals surface area contributed by atoms with Crippen molar-refractivity contribution in [1.82, 2.24) is 20.9 Å². The van der Waals surface area contributed by atoms with Crippen molar-refractivity contribution in [3.63, 3.8) is 0 Å². The summed E-state index contributed by atoms with van der Waals surface area (Å²) in [5.74, 6) is -0.455. The molecule has 1 aliphatic heterocycles. The third-order valence-corrected chi connectivity index (χ3v) is 4.23. The highest BCUT2D eigenvalue weighted by molar-refractivity contribution is 5.97. The van der Waals surface area contributed by atoms with Crippen LogP contribution in [0.5, 0.6) is 0 Å². The predicted octanol–water partition coefficient (Wildman–Crippen LogP) is 0.901. The third-order valence-electron chi connectivity index (χ3n) is 4.23. The smallest absolute Gasteiger partial charge is 0.253 e. The predicted molar refractivity (Wildman–Crippen MR) is 95.1 cm³/mol. The van der Waals surface area contributed by atoms with Gasteiger partial charge in [0.2, 0.25) is 5.91 Å². The van der Waals surface area contributed by atoms with Crippen LogP contribution in [-0.4, -0.2) is 42.0 Å². The van der Waals surface area contributed by atoms with Crippen LogP contribution >= 0.6 is 0 Å². The lowest BCUT2D eigenvalue weighted by atomic mass is 10.0. The normalized spacial score (nSPS) is 17.7. The molecule has 2 unspecified atom stereocenters. The van der Waals surface area contributed by atoms with E-state index in [4.69, 9.17) is 0 Å². The largest absolute Gasteiger partial charge is 0.350 e. The third kappa shape index (κ3) is 4.87. The summed E-state index contributed by atoms with van der Waals surface area (Å²) < 4.78 is 0. The molecule has 3 rings (SSSR count). The van der Waals surface area contributed by atoms with Crippen LogP contribution in [-0.2, 0) is 11.2 Å². The van der Waals surface area contributed by atoms with Crippen molar-refractivity contribution in [2.75, 3.05) is 13.1 Å². The summed E-state index contributed by atoms with van der Waals surface area (Å²) >= 11 is 0. The Morgan fingerprint density at radius 3 is 2.72 bits per heavy atom. The van der Waals surface area contributed by atoms with Crippen LogP contribution in [0.1, 0.15) is 22.3 Å². The summed E-state index contributed by atoms with van der Waals surface area (Å²) in [4.78, 5) is 29.1. The van der Waals surface area contributed by atoms with Gasteiger partial charge in [0.25, 0.3) is 5.91 Å². The number of hydrogen-bond acceptors (Lipinski definition) is 4. The minimum absolute atomic E-state index is 0.112. The molecule has 6 nitrogen and oxygen atoms in total. The second-order valence-corrected chi connectivity index (χ2v) is 6.16. The summed E-state index contributed by atoms with van der Waals surface area (Å²) in [5, 5.41) is 9.09. The zero-order chi connectivity index (χ0) is 17.5. The van der Waals surface area contributed by atoms with Crippen molar-refractivity contribution in [3.8, 4) is 0 Å². The van der Waals surface area contributed by atoms with E-state index in [0.29, 0.717) is 12.0 Å². The average Bonchev–Trinajstić information content (AvgIpc) is 3.15. The summed E-state index contributed by atoms with van der Waals surface area (Å²) in [6.45, 7) is 1.66. The second kappa shape index (κ2) is 8.39. The number of amides is 2. The van der Waals surface area contributed by atoms with Gasteiger partial charge in [-0.1, -0.05) is 30.3 Å². The fourth-order valence-corrected chi connectivity index (χ4v) is 2.88. The molecule has 3 N–H and O–H groups in total. The van der Waals surface area contributed by atoms with Crippen LogP contribution in [0, 0.1) is 0 Å². The molecule has 1 aliphatic rings. The van der Waals surface area contributed by atoms with Gasteiger partial charge in [-0.15, -0.1) is 0 Å². The van der Waals surface area contributed by atoms with E-state index in [9.17, 15) is 9.59 Å². The van der Waals surface area contributed by atoms with Crippen molar-refractivity contribution in [2.24, 2.45) is 0 Å². The van der Waals surface area contributed by atoms with Gasteiger partial charge in [0.05, 0.1) is 5.56 Å². The summed E-state index contributed by atoms with van der Waals surface area (Å²) in [6, 6.07) is 12.5. The highest BCUT2D eigenvalue weighted by atomic mass is 16.2. The Kier molecular flexibility index (Phi) is 5.74. The lowest BCUT2D eigenvalue weighted by Crippen LogP contribution is -2.51. The lowest BCUT2D eigenvalue weighted by molar-refractivity contribution is -0.123. The SMILES string of the molecule is O=C(NC(Cc1ccccc1)C(=O)NC1CCNC1)c1cccnc1. The van der Waals surface area contributed by atoms with Gasteiger partial charge in [-0.2, -0.15) is 0 Å². The molecule has 0 spiro atoms. The fraction of sp³-hybridized carbons (Fsp3) is 0.316. The maximum atomic E-state index is 12.7. The molecule has 1 fully saturated rings. The molecule has 25 heavy (non-hydrogen) atoms. The van der Waals surface area contributed by atoms with Gasteiger partial charge in [-0.3, -0.25) is 14.6 Å². The van der Waals surface area contributed by atoms with Crippen LogP contribution in [0.3, 0.4) is 0 Å². The Bertz CT molecular complexity index is 700. The van der Waals surface area contributed by atoms with Gasteiger partial charge in [-0.25, -0.2) is 0 Å². The Hall–Kier alpha value is -2.73. The Balaban J connectivity index is 1.71. The van der Waals surface area contributed by atoms with E-state index in [2.05, 4.69) is 20.9 Å². The topological polar surface area (TPSA) is 83.1 Å². The quantitative estimate of drug-likeness (QED) is 0.731. The number of hydrogen-bond donors (Lipinski definition) is 3. The standard InChI is InChI=1S/C19H22N4O2/c24-18(15-7-4-9-20-12-15)23-17(11-14-5-2-1-3-6-14)19(25)22-16-8-10-21-13-16/h1-7,9,12,16-17,21H,8,10-11,13H2,(H,22,25)(H,23,24). The summed E-state index contributed by atoms with van der Waals surface area (Å²) in [5.41, 5.74) is 1.44. The average molecular weight is 338 g/mol. The van der Waals surface area contributed by atoms with Gasteiger partial charge >= 0.3 is 0 Å². The molecule has 130 valence electrons. The summed E-state index contributed by atoms with van der Waals surface area (Å²) in [6.07, 6.45) is 4.45. The Morgan fingerprint density at radius 2 is 2.04 bits per heavy atom. The van der Waals surface area contributed by atoms with E-state index in [1.165, 1.54) is 6.20 Å². The zero-order valence-electron chi connectivity index (χ0n) is 13.9. The van der Waals surface area contributed by atoms with E-state index in [1.54, 1.807) is 18.3 Å². The maximum Gasteiger partial charge on any atom is 0.253 e. The number of benzene rings is 1. The molecule has 0 aliphatic carbocycles. The molecule has 6 heteroatoms. The van der Waals surface area contributed by atoms with Crippen LogP contribution in [0.15, 0.2) is 54.9 Å². The van der Waals surface area contributed by atoms with Crippen molar-refractivity contribution < 1.29 is 9.59 Å². The monoisotopic (exact) mass is 338 g/mol. The number of nitrogens with zero attached hydrogens (tertiary/aromatic N) is 1. The van der Waals surface area contributed by atoms with E-state index in [-0.39, 0.29) is 17.9 Å². The van der Waals surface area contributed by atoms with E-state index >= 15 is 0 Å². The van der Waals surface area contributed by atoms with Gasteiger partial charge in [0, 0.05) is 31.4 Å². The van der Waals surface area contributed by atoms with Gasteiger partial charge in [0.15, 0.2) is 0 Å². The second-order valence-electron chi connectivity index (χ2n) is 6.16. The number of carbonyl (C=O) groups excluding carboxylic acids is 2. The first kappa shape index (κ1) is 17.1. The first-order valence-electron chi connectivity index (χ1n) is 8.48. The van der Waals surface area contributed by atoms with Crippen LogP contribution in [0.25, 0.3) is 0 Å². The van der Waals surface area contributed by atoms with E-state index < -0.39 is 6.04 Å². The van der Waals surface area contributed by atoms with Crippen molar-refractivity contribution in [1.29, 1.82) is 0 Å². The van der Waals surface area contributed by atoms with Crippen LogP contribution in [0.4, 0.5) is 0 Å². The van der Waals surface area contributed by atoms with Gasteiger partial charge < -0.3 is 16.0 Å². The number of rotatable bonds is 6. The number of aromatic nitrogens is 1. The Labute approximate surface area is 147 Å². The highest BCUT2D eigenvalue weighted by Gasteiger charge is 2.25. The van der Waals surface area contributed by atoms with E-state index in [0.717, 1.165) is 25.1 Å². The number of nitrogens with one attached hydrogen (secondary N) is 3. The lowest BCUT2D eigenvalue weighted by Gasteiger charge is -2.21. The molecule has 1 aromatic heterocycles. The van der Waals surface area contributed by atoms with Gasteiger partial charge in [0.1, 0.15) is 6.04 Å². The number of pyridine rings is 1. The van der Waals surface area contributed by atoms with Crippen molar-refractivity contribution in [3.05, 3.63) is 66.0 Å². The molecular weight excluding hydrogens is 316 g/mol. The zero-order valence-corrected chi connectivity index (χ0v) is 13.9. The van der Waals surface area contributed by atoms with Crippen molar-refractivity contribution >= 4 is 11.8 Å². The summed E-state index contributed by atoms with van der Waals surface area (Å²) in [7, 11) is 0. The van der Waals surface area contributed by atoms with Crippen LogP contribution in [0.2, 0.25) is 0 Å². The molecule has 2 aromatic rings. The first-order valence-corrected chi connectivity index (χ1v) is 8.48. The van der Waals surface area contributed by atoms with Crippen LogP contribution < -0.4 is 16.0 Å². The Morgan fingerprint density at radius 1 is 1.20 bits per heavy atom. The van der Waals surface area contributed by atoms with E-state index in [1.807, 2.05) is 30.3 Å². The van der Waals surface area contributed by atoms with Gasteiger partial charge in [-0.05, 0) is 30.7 Å². The number of carbonyl (C=O) groups is 2. The molecule has 2 atom stereocenters. The molecule has 2 amide bonds. The first-order chi connectivity index (χ1) is 12.2. The molecule has 2 heterocycles. The minimum Gasteiger partial charge on any atom is -0.350 e. The molecule has 0 bridgehead atoms.